The fourth-order valence-electron chi connectivity index (χ4n) is 2.43. The summed E-state index contributed by atoms with van der Waals surface area (Å²) in [7, 11) is 0. The van der Waals surface area contributed by atoms with Crippen molar-refractivity contribution >= 4 is 34.7 Å². The summed E-state index contributed by atoms with van der Waals surface area (Å²) in [5.41, 5.74) is 1.20. The van der Waals surface area contributed by atoms with Crippen molar-refractivity contribution in [2.24, 2.45) is 0 Å². The van der Waals surface area contributed by atoms with Gasteiger partial charge in [0.05, 0.1) is 10.2 Å². The maximum absolute atomic E-state index is 13.0. The summed E-state index contributed by atoms with van der Waals surface area (Å²) in [5, 5.41) is 18.5. The summed E-state index contributed by atoms with van der Waals surface area (Å²) in [6, 6.07) is 20.7. The molecule has 6 heteroatoms. The van der Waals surface area contributed by atoms with E-state index in [9.17, 15) is 15.3 Å². The van der Waals surface area contributed by atoms with Crippen LogP contribution in [0.1, 0.15) is 5.56 Å². The summed E-state index contributed by atoms with van der Waals surface area (Å²) in [4.78, 5) is 14.1. The molecule has 0 saturated carbocycles. The normalized spacial score (nSPS) is 11.0. The number of nitrogens with zero attached hydrogens (tertiary/aromatic N) is 3. The molecule has 0 radical (unpaired) electrons. The van der Waals surface area contributed by atoms with Gasteiger partial charge in [-0.1, -0.05) is 30.3 Å². The van der Waals surface area contributed by atoms with Gasteiger partial charge in [0.1, 0.15) is 16.8 Å². The molecule has 0 aliphatic heterocycles. The molecule has 0 atom stereocenters. The smallest absolute Gasteiger partial charge is 0.267 e. The maximum Gasteiger partial charge on any atom is 0.273 e. The Morgan fingerprint density at radius 3 is 2.31 bits per heavy atom. The van der Waals surface area contributed by atoms with Crippen LogP contribution in [0.4, 0.5) is 0 Å². The predicted molar refractivity (Wildman–Crippen MR) is 106 cm³/mol. The van der Waals surface area contributed by atoms with Crippen LogP contribution in [0, 0.1) is 22.7 Å². The van der Waals surface area contributed by atoms with Gasteiger partial charge in [-0.05, 0) is 42.2 Å². The molecule has 2 aromatic carbocycles. The third-order valence-corrected chi connectivity index (χ3v) is 5.53. The monoisotopic (exact) mass is 375 g/mol. The molecule has 0 fully saturated rings. The predicted octanol–water partition coefficient (Wildman–Crippen LogP) is 2.65. The maximum atomic E-state index is 13.0. The van der Waals surface area contributed by atoms with Gasteiger partial charge in [0.15, 0.2) is 5.57 Å². The summed E-state index contributed by atoms with van der Waals surface area (Å²) in [6.07, 6.45) is 3.79. The van der Waals surface area contributed by atoms with Gasteiger partial charge in [-0.15, -0.1) is 23.1 Å². The van der Waals surface area contributed by atoms with Gasteiger partial charge in [-0.25, -0.2) is 0 Å². The number of para-hydroxylation sites is 1. The summed E-state index contributed by atoms with van der Waals surface area (Å²) in [6.45, 7) is 0. The zero-order valence-corrected chi connectivity index (χ0v) is 15.5. The molecule has 0 N–H and O–H groups in total. The number of nitriles is 2. The molecule has 126 valence electrons. The Balaban J connectivity index is 2.32. The van der Waals surface area contributed by atoms with Gasteiger partial charge >= 0.3 is 0 Å². The standard InChI is InChI=1S/C20H13N3OS2/c1-25-17-9-7-14(8-10-17)11-18-19(24)23(16-5-3-2-4-6-16)20(26-18)15(12-21)13-22/h2-11H,1H3/b18-11-. The Labute approximate surface area is 158 Å². The van der Waals surface area contributed by atoms with Crippen molar-refractivity contribution in [1.82, 2.24) is 4.57 Å². The van der Waals surface area contributed by atoms with Crippen molar-refractivity contribution in [1.29, 1.82) is 10.5 Å². The van der Waals surface area contributed by atoms with E-state index in [-0.39, 0.29) is 11.1 Å². The quantitative estimate of drug-likeness (QED) is 0.660. The fourth-order valence-corrected chi connectivity index (χ4v) is 3.90. The lowest BCUT2D eigenvalue weighted by atomic mass is 10.2. The van der Waals surface area contributed by atoms with Crippen molar-refractivity contribution in [2.75, 3.05) is 6.26 Å². The van der Waals surface area contributed by atoms with E-state index in [0.29, 0.717) is 14.9 Å². The average molecular weight is 375 g/mol. The molecule has 1 heterocycles. The van der Waals surface area contributed by atoms with Crippen molar-refractivity contribution in [3.63, 3.8) is 0 Å². The first-order valence-electron chi connectivity index (χ1n) is 7.65. The number of aromatic nitrogens is 1. The van der Waals surface area contributed by atoms with Crippen LogP contribution < -0.4 is 14.8 Å². The second-order valence-electron chi connectivity index (χ2n) is 5.26. The number of hydrogen-bond donors (Lipinski definition) is 0. The van der Waals surface area contributed by atoms with Crippen molar-refractivity contribution < 1.29 is 0 Å². The first-order valence-corrected chi connectivity index (χ1v) is 9.69. The first kappa shape index (κ1) is 17.8. The number of rotatable bonds is 3. The molecule has 3 rings (SSSR count). The highest BCUT2D eigenvalue weighted by Crippen LogP contribution is 2.15. The Kier molecular flexibility index (Phi) is 5.38. The average Bonchev–Trinajstić information content (AvgIpc) is 3.00. The van der Waals surface area contributed by atoms with E-state index in [1.54, 1.807) is 30.0 Å². The Bertz CT molecular complexity index is 1180. The fraction of sp³-hybridized carbons (Fsp3) is 0.0500. The van der Waals surface area contributed by atoms with E-state index in [4.69, 9.17) is 0 Å². The third-order valence-electron chi connectivity index (χ3n) is 3.69. The highest BCUT2D eigenvalue weighted by molar-refractivity contribution is 7.98. The molecule has 0 unspecified atom stereocenters. The molecule has 26 heavy (non-hydrogen) atoms. The first-order chi connectivity index (χ1) is 12.7. The van der Waals surface area contributed by atoms with Gasteiger partial charge in [-0.2, -0.15) is 10.5 Å². The SMILES string of the molecule is CSc1ccc(/C=c2\sc(=C(C#N)C#N)n(-c3ccccc3)c2=O)cc1. The number of hydrogen-bond acceptors (Lipinski definition) is 5. The summed E-state index contributed by atoms with van der Waals surface area (Å²) >= 11 is 2.80. The number of thiazole rings is 1. The van der Waals surface area contributed by atoms with Crippen molar-refractivity contribution in [3.05, 3.63) is 79.7 Å². The highest BCUT2D eigenvalue weighted by atomic mass is 32.2. The minimum atomic E-state index is -0.242. The topological polar surface area (TPSA) is 69.6 Å². The van der Waals surface area contributed by atoms with Gasteiger partial charge in [-0.3, -0.25) is 9.36 Å². The van der Waals surface area contributed by atoms with E-state index in [1.165, 1.54) is 4.57 Å². The molecular formula is C20H13N3OS2. The molecule has 3 aromatic rings. The van der Waals surface area contributed by atoms with Gasteiger partial charge in [0.2, 0.25) is 0 Å². The molecule has 4 nitrogen and oxygen atoms in total. The molecule has 0 aliphatic rings. The van der Waals surface area contributed by atoms with Crippen LogP contribution in [0.3, 0.4) is 0 Å². The Morgan fingerprint density at radius 1 is 1.08 bits per heavy atom. The van der Waals surface area contributed by atoms with E-state index in [2.05, 4.69) is 0 Å². The zero-order valence-electron chi connectivity index (χ0n) is 13.8. The minimum absolute atomic E-state index is 0.0756. The molecule has 0 saturated heterocycles. The van der Waals surface area contributed by atoms with Crippen LogP contribution in [0.5, 0.6) is 0 Å². The summed E-state index contributed by atoms with van der Waals surface area (Å²) < 4.78 is 2.25. The van der Waals surface area contributed by atoms with Gasteiger partial charge in [0, 0.05) is 4.90 Å². The second-order valence-corrected chi connectivity index (χ2v) is 7.17. The van der Waals surface area contributed by atoms with Crippen LogP contribution >= 0.6 is 23.1 Å². The van der Waals surface area contributed by atoms with Crippen LogP contribution in [-0.2, 0) is 0 Å². The largest absolute Gasteiger partial charge is 0.273 e. The minimum Gasteiger partial charge on any atom is -0.267 e. The lowest BCUT2D eigenvalue weighted by Crippen LogP contribution is -2.30. The van der Waals surface area contributed by atoms with Crippen molar-refractivity contribution in [2.45, 2.75) is 4.90 Å². The Hall–Kier alpha value is -3.06. The van der Waals surface area contributed by atoms with E-state index < -0.39 is 0 Å². The van der Waals surface area contributed by atoms with Crippen LogP contribution in [-0.4, -0.2) is 10.8 Å². The van der Waals surface area contributed by atoms with E-state index in [1.807, 2.05) is 60.9 Å². The lowest BCUT2D eigenvalue weighted by Gasteiger charge is -2.00. The highest BCUT2D eigenvalue weighted by Gasteiger charge is 2.10. The molecule has 0 amide bonds. The van der Waals surface area contributed by atoms with Crippen LogP contribution in [0.2, 0.25) is 0 Å². The number of benzene rings is 2. The molecule has 0 aliphatic carbocycles. The van der Waals surface area contributed by atoms with E-state index in [0.717, 1.165) is 21.8 Å². The third kappa shape index (κ3) is 3.48. The van der Waals surface area contributed by atoms with E-state index >= 15 is 0 Å². The Morgan fingerprint density at radius 2 is 1.73 bits per heavy atom. The molecular weight excluding hydrogens is 362 g/mol. The zero-order chi connectivity index (χ0) is 18.5. The second kappa shape index (κ2) is 7.88. The molecule has 0 spiro atoms. The lowest BCUT2D eigenvalue weighted by molar-refractivity contribution is 0.988. The van der Waals surface area contributed by atoms with Gasteiger partial charge in [0.25, 0.3) is 5.56 Å². The number of thioether (sulfide) groups is 1. The van der Waals surface area contributed by atoms with Crippen LogP contribution in [0.15, 0.2) is 64.3 Å². The van der Waals surface area contributed by atoms with Crippen molar-refractivity contribution in [3.8, 4) is 17.8 Å². The van der Waals surface area contributed by atoms with Crippen LogP contribution in [0.25, 0.3) is 17.3 Å². The summed E-state index contributed by atoms with van der Waals surface area (Å²) in [5.74, 6) is 0. The van der Waals surface area contributed by atoms with Gasteiger partial charge < -0.3 is 0 Å². The molecule has 1 aromatic heterocycles. The molecule has 0 bridgehead atoms.